The van der Waals surface area contributed by atoms with Crippen LogP contribution >= 0.6 is 0 Å². The number of benzene rings is 2. The van der Waals surface area contributed by atoms with Crippen molar-refractivity contribution in [1.82, 2.24) is 4.90 Å². The Morgan fingerprint density at radius 3 is 2.14 bits per heavy atom. The van der Waals surface area contributed by atoms with Gasteiger partial charge in [-0.2, -0.15) is 5.26 Å². The molecule has 2 aromatic carbocycles. The zero-order valence-corrected chi connectivity index (χ0v) is 15.9. The van der Waals surface area contributed by atoms with Gasteiger partial charge in [0.2, 0.25) is 5.91 Å². The van der Waals surface area contributed by atoms with Crippen LogP contribution in [0.25, 0.3) is 0 Å². The first kappa shape index (κ1) is 19.2. The molecule has 146 valence electrons. The average Bonchev–Trinajstić information content (AvgIpc) is 2.67. The van der Waals surface area contributed by atoms with Crippen molar-refractivity contribution < 1.29 is 14.3 Å². The fourth-order valence-electron chi connectivity index (χ4n) is 4.04. The third-order valence-corrected chi connectivity index (χ3v) is 5.93. The van der Waals surface area contributed by atoms with E-state index < -0.39 is 6.04 Å². The van der Waals surface area contributed by atoms with Gasteiger partial charge in [-0.15, -0.1) is 0 Å². The van der Waals surface area contributed by atoms with Crippen molar-refractivity contribution in [3.63, 3.8) is 0 Å². The number of halogens is 1. The highest BCUT2D eigenvalue weighted by Crippen LogP contribution is 2.43. The van der Waals surface area contributed by atoms with Gasteiger partial charge in [-0.25, -0.2) is 4.39 Å². The van der Waals surface area contributed by atoms with Crippen LogP contribution in [-0.2, 0) is 4.79 Å². The van der Waals surface area contributed by atoms with Crippen LogP contribution in [0.1, 0.15) is 41.9 Å². The minimum atomic E-state index is -0.545. The summed E-state index contributed by atoms with van der Waals surface area (Å²) in [7, 11) is 0. The normalized spacial score (nSPS) is 23.2. The number of carbonyl (C=O) groups excluding carboxylic acids is 1. The molecule has 3 atom stereocenters. The van der Waals surface area contributed by atoms with E-state index in [1.807, 2.05) is 24.3 Å². The first-order chi connectivity index (χ1) is 14.1. The van der Waals surface area contributed by atoms with Gasteiger partial charge < -0.3 is 10.0 Å². The molecule has 1 N–H and O–H groups in total. The Morgan fingerprint density at radius 1 is 1.07 bits per heavy atom. The molecular weight excluding hydrogens is 367 g/mol. The van der Waals surface area contributed by atoms with E-state index >= 15 is 0 Å². The van der Waals surface area contributed by atoms with Gasteiger partial charge >= 0.3 is 0 Å². The molecule has 2 fully saturated rings. The van der Waals surface area contributed by atoms with Crippen LogP contribution in [0, 0.1) is 34.9 Å². The lowest BCUT2D eigenvalue weighted by molar-refractivity contribution is -0.154. The predicted molar refractivity (Wildman–Crippen MR) is 106 cm³/mol. The Hall–Kier alpha value is -3.15. The second kappa shape index (κ2) is 8.07. The van der Waals surface area contributed by atoms with Crippen LogP contribution in [-0.4, -0.2) is 34.6 Å². The Balaban J connectivity index is 1.50. The van der Waals surface area contributed by atoms with Gasteiger partial charge in [-0.05, 0) is 54.8 Å². The molecule has 2 aromatic rings. The SMILES string of the molecule is N#C[C@@H]1[C@H](c2ccc(C#Cc3ccc(F)cc3)cc2)[C@@H](CO)N1C(=O)C1CCC1. The highest BCUT2D eigenvalue weighted by Gasteiger charge is 2.53. The lowest BCUT2D eigenvalue weighted by Crippen LogP contribution is -2.66. The van der Waals surface area contributed by atoms with Crippen LogP contribution in [0.15, 0.2) is 48.5 Å². The van der Waals surface area contributed by atoms with Crippen LogP contribution < -0.4 is 0 Å². The number of hydrogen-bond acceptors (Lipinski definition) is 3. The molecule has 1 heterocycles. The number of carbonyl (C=O) groups is 1. The third kappa shape index (κ3) is 3.62. The molecular formula is C24H21FN2O2. The van der Waals surface area contributed by atoms with Gasteiger partial charge in [-0.3, -0.25) is 4.79 Å². The summed E-state index contributed by atoms with van der Waals surface area (Å²) in [6, 6.07) is 14.9. The summed E-state index contributed by atoms with van der Waals surface area (Å²) in [5.74, 6) is 5.54. The van der Waals surface area contributed by atoms with Crippen molar-refractivity contribution in [2.24, 2.45) is 5.92 Å². The van der Waals surface area contributed by atoms with E-state index in [0.29, 0.717) is 0 Å². The van der Waals surface area contributed by atoms with Gasteiger partial charge in [0.1, 0.15) is 11.9 Å². The molecule has 29 heavy (non-hydrogen) atoms. The smallest absolute Gasteiger partial charge is 0.227 e. The Bertz CT molecular complexity index is 994. The van der Waals surface area contributed by atoms with Crippen LogP contribution in [0.2, 0.25) is 0 Å². The van der Waals surface area contributed by atoms with Gasteiger partial charge in [0.05, 0.1) is 18.7 Å². The summed E-state index contributed by atoms with van der Waals surface area (Å²) in [6.07, 6.45) is 2.80. The quantitative estimate of drug-likeness (QED) is 0.822. The zero-order valence-electron chi connectivity index (χ0n) is 15.9. The predicted octanol–water partition coefficient (Wildman–Crippen LogP) is 3.20. The fraction of sp³-hybridized carbons (Fsp3) is 0.333. The van der Waals surface area contributed by atoms with Crippen LogP contribution in [0.3, 0.4) is 0 Å². The van der Waals surface area contributed by atoms with E-state index in [1.165, 1.54) is 12.1 Å². The second-order valence-corrected chi connectivity index (χ2v) is 7.60. The maximum absolute atomic E-state index is 13.0. The first-order valence-electron chi connectivity index (χ1n) is 9.82. The van der Waals surface area contributed by atoms with Crippen molar-refractivity contribution in [3.8, 4) is 17.9 Å². The lowest BCUT2D eigenvalue weighted by Gasteiger charge is -2.53. The number of rotatable bonds is 3. The number of aliphatic hydroxyl groups is 1. The summed E-state index contributed by atoms with van der Waals surface area (Å²) in [6.45, 7) is -0.159. The van der Waals surface area contributed by atoms with Gasteiger partial charge in [0, 0.05) is 23.0 Å². The number of hydrogen-bond donors (Lipinski definition) is 1. The molecule has 0 radical (unpaired) electrons. The molecule has 0 spiro atoms. The fourth-order valence-corrected chi connectivity index (χ4v) is 4.04. The van der Waals surface area contributed by atoms with E-state index in [1.54, 1.807) is 17.0 Å². The highest BCUT2D eigenvalue weighted by atomic mass is 19.1. The van der Waals surface area contributed by atoms with Crippen molar-refractivity contribution in [2.45, 2.75) is 37.3 Å². The third-order valence-electron chi connectivity index (χ3n) is 5.93. The molecule has 4 nitrogen and oxygen atoms in total. The minimum Gasteiger partial charge on any atom is -0.394 e. The maximum atomic E-state index is 13.0. The van der Waals surface area contributed by atoms with Gasteiger partial charge in [0.25, 0.3) is 0 Å². The van der Waals surface area contributed by atoms with E-state index in [0.717, 1.165) is 36.0 Å². The number of aliphatic hydroxyl groups excluding tert-OH is 1. The minimum absolute atomic E-state index is 0.000107. The highest BCUT2D eigenvalue weighted by molar-refractivity contribution is 5.82. The standard InChI is InChI=1S/C24H21FN2O2/c25-20-12-8-17(9-13-20)5-4-16-6-10-18(11-7-16)23-21(14-26)27(22(23)15-28)24(29)19-2-1-3-19/h6-13,19,21-23,28H,1-3,15H2/t21-,22-,23+/m1/s1. The molecule has 0 bridgehead atoms. The molecule has 1 saturated carbocycles. The van der Waals surface area contributed by atoms with Crippen molar-refractivity contribution in [3.05, 3.63) is 71.0 Å². The van der Waals surface area contributed by atoms with Gasteiger partial charge in [0.15, 0.2) is 0 Å². The molecule has 1 amide bonds. The summed E-state index contributed by atoms with van der Waals surface area (Å²) in [5.41, 5.74) is 2.44. The van der Waals surface area contributed by atoms with Gasteiger partial charge in [-0.1, -0.05) is 30.4 Å². The zero-order chi connectivity index (χ0) is 20.4. The van der Waals surface area contributed by atoms with E-state index in [9.17, 15) is 19.6 Å². The number of likely N-dealkylation sites (tertiary alicyclic amines) is 1. The summed E-state index contributed by atoms with van der Waals surface area (Å²) in [5, 5.41) is 19.5. The number of amides is 1. The molecule has 0 unspecified atom stereocenters. The lowest BCUT2D eigenvalue weighted by atomic mass is 9.73. The largest absolute Gasteiger partial charge is 0.394 e. The summed E-state index contributed by atoms with van der Waals surface area (Å²) in [4.78, 5) is 14.2. The topological polar surface area (TPSA) is 64.3 Å². The number of nitrogens with zero attached hydrogens (tertiary/aromatic N) is 2. The molecule has 2 aliphatic rings. The summed E-state index contributed by atoms with van der Waals surface area (Å²) >= 11 is 0. The Labute approximate surface area is 169 Å². The first-order valence-corrected chi connectivity index (χ1v) is 9.82. The molecule has 4 rings (SSSR count). The van der Waals surface area contributed by atoms with E-state index in [2.05, 4.69) is 17.9 Å². The Morgan fingerprint density at radius 2 is 1.66 bits per heavy atom. The average molecular weight is 388 g/mol. The van der Waals surface area contributed by atoms with Crippen molar-refractivity contribution in [1.29, 1.82) is 5.26 Å². The molecule has 1 aliphatic carbocycles. The van der Waals surface area contributed by atoms with Crippen LogP contribution in [0.4, 0.5) is 4.39 Å². The van der Waals surface area contributed by atoms with Crippen molar-refractivity contribution >= 4 is 5.91 Å². The molecule has 0 aromatic heterocycles. The van der Waals surface area contributed by atoms with E-state index in [4.69, 9.17) is 0 Å². The maximum Gasteiger partial charge on any atom is 0.227 e. The monoisotopic (exact) mass is 388 g/mol. The molecule has 1 saturated heterocycles. The number of nitriles is 1. The molecule has 5 heteroatoms. The summed E-state index contributed by atoms with van der Waals surface area (Å²) < 4.78 is 13.0. The molecule has 1 aliphatic heterocycles. The van der Waals surface area contributed by atoms with E-state index in [-0.39, 0.29) is 36.2 Å². The Kier molecular flexibility index (Phi) is 5.34. The van der Waals surface area contributed by atoms with Crippen LogP contribution in [0.5, 0.6) is 0 Å². The van der Waals surface area contributed by atoms with Crippen molar-refractivity contribution in [2.75, 3.05) is 6.61 Å². The second-order valence-electron chi connectivity index (χ2n) is 7.60.